The topological polar surface area (TPSA) is 87.7 Å². The van der Waals surface area contributed by atoms with E-state index in [2.05, 4.69) is 10.6 Å². The van der Waals surface area contributed by atoms with Gasteiger partial charge in [0, 0.05) is 31.5 Å². The van der Waals surface area contributed by atoms with Crippen LogP contribution in [-0.4, -0.2) is 65.0 Å². The largest absolute Gasteiger partial charge is 0.497 e. The highest BCUT2D eigenvalue weighted by Crippen LogP contribution is 2.27. The Morgan fingerprint density at radius 1 is 1.18 bits per heavy atom. The Kier molecular flexibility index (Phi) is 10.2. The number of hydrogen-bond acceptors (Lipinski definition) is 6. The zero-order valence-electron chi connectivity index (χ0n) is 19.5. The second kappa shape index (κ2) is 13.1. The third kappa shape index (κ3) is 7.84. The van der Waals surface area contributed by atoms with Crippen molar-refractivity contribution in [2.24, 2.45) is 5.92 Å². The predicted octanol–water partition coefficient (Wildman–Crippen LogP) is 3.03. The summed E-state index contributed by atoms with van der Waals surface area (Å²) in [6.45, 7) is 2.41. The Balaban J connectivity index is 1.58. The molecule has 1 aliphatic carbocycles. The molecule has 2 unspecified atom stereocenters. The van der Waals surface area contributed by atoms with Crippen LogP contribution in [0.4, 0.5) is 0 Å². The normalized spacial score (nSPS) is 19.7. The van der Waals surface area contributed by atoms with Crippen molar-refractivity contribution >= 4 is 41.2 Å². The van der Waals surface area contributed by atoms with Crippen molar-refractivity contribution in [1.82, 2.24) is 15.5 Å². The van der Waals surface area contributed by atoms with Gasteiger partial charge in [0.2, 0.25) is 11.8 Å². The van der Waals surface area contributed by atoms with Gasteiger partial charge in [0.25, 0.3) is 5.91 Å². The van der Waals surface area contributed by atoms with E-state index in [1.807, 2.05) is 24.3 Å². The average Bonchev–Trinajstić information content (AvgIpc) is 3.33. The van der Waals surface area contributed by atoms with E-state index in [1.54, 1.807) is 23.8 Å². The van der Waals surface area contributed by atoms with Crippen molar-refractivity contribution in [3.05, 3.63) is 29.8 Å². The Morgan fingerprint density at radius 2 is 1.91 bits per heavy atom. The highest BCUT2D eigenvalue weighted by molar-refractivity contribution is 8.00. The zero-order chi connectivity index (χ0) is 23.6. The summed E-state index contributed by atoms with van der Waals surface area (Å²) in [5.41, 5.74) is 0.957. The molecular formula is C24H35N3O4S2. The molecule has 2 atom stereocenters. The molecule has 0 spiro atoms. The van der Waals surface area contributed by atoms with Gasteiger partial charge in [-0.25, -0.2) is 0 Å². The second-order valence-electron chi connectivity index (χ2n) is 8.60. The molecule has 9 heteroatoms. The molecule has 3 rings (SSSR count). The van der Waals surface area contributed by atoms with Gasteiger partial charge in [0.15, 0.2) is 5.37 Å². The van der Waals surface area contributed by atoms with Crippen molar-refractivity contribution in [3.63, 3.8) is 0 Å². The van der Waals surface area contributed by atoms with E-state index in [0.717, 1.165) is 22.8 Å². The van der Waals surface area contributed by atoms with Crippen molar-refractivity contribution in [1.29, 1.82) is 0 Å². The Morgan fingerprint density at radius 3 is 2.58 bits per heavy atom. The fourth-order valence-corrected chi connectivity index (χ4v) is 6.65. The summed E-state index contributed by atoms with van der Waals surface area (Å²) in [4.78, 5) is 39.4. The van der Waals surface area contributed by atoms with Crippen molar-refractivity contribution in [2.45, 2.75) is 57.0 Å². The summed E-state index contributed by atoms with van der Waals surface area (Å²) < 4.78 is 5.18. The average molecular weight is 494 g/mol. The first-order valence-electron chi connectivity index (χ1n) is 11.7. The molecule has 7 nitrogen and oxygen atoms in total. The van der Waals surface area contributed by atoms with Crippen LogP contribution in [0, 0.1) is 5.92 Å². The summed E-state index contributed by atoms with van der Waals surface area (Å²) in [6.07, 6.45) is 6.39. The monoisotopic (exact) mass is 493 g/mol. The van der Waals surface area contributed by atoms with Crippen molar-refractivity contribution < 1.29 is 19.1 Å². The Labute approximate surface area is 205 Å². The smallest absolute Gasteiger partial charge is 0.253 e. The number of nitrogens with one attached hydrogen (secondary N) is 2. The summed E-state index contributed by atoms with van der Waals surface area (Å²) in [7, 11) is 1.62. The molecule has 182 valence electrons. The van der Waals surface area contributed by atoms with Crippen LogP contribution in [0.5, 0.6) is 5.75 Å². The van der Waals surface area contributed by atoms with E-state index in [4.69, 9.17) is 4.74 Å². The molecule has 1 aromatic carbocycles. The second-order valence-corrected chi connectivity index (χ2v) is 10.9. The fourth-order valence-electron chi connectivity index (χ4n) is 4.20. The molecule has 0 aromatic heterocycles. The maximum Gasteiger partial charge on any atom is 0.253 e. The molecule has 0 bridgehead atoms. The molecule has 1 saturated heterocycles. The number of ether oxygens (including phenoxy) is 1. The van der Waals surface area contributed by atoms with Gasteiger partial charge in [-0.1, -0.05) is 31.4 Å². The molecule has 1 heterocycles. The third-order valence-electron chi connectivity index (χ3n) is 6.14. The van der Waals surface area contributed by atoms with Crippen LogP contribution < -0.4 is 15.4 Å². The number of hydrogen-bond donors (Lipinski definition) is 2. The van der Waals surface area contributed by atoms with Gasteiger partial charge in [0.05, 0.1) is 7.11 Å². The van der Waals surface area contributed by atoms with Gasteiger partial charge in [-0.2, -0.15) is 11.8 Å². The number of thioether (sulfide) groups is 2. The zero-order valence-corrected chi connectivity index (χ0v) is 21.1. The van der Waals surface area contributed by atoms with Crippen LogP contribution in [0.25, 0.3) is 0 Å². The SMILES string of the molecule is COc1ccc(CNC(=O)C(CSCC2CCCCC2)NC(=O)C2SCCN2C(C)=O)cc1. The number of benzene rings is 1. The first-order chi connectivity index (χ1) is 16.0. The lowest BCUT2D eigenvalue weighted by atomic mass is 9.91. The highest BCUT2D eigenvalue weighted by atomic mass is 32.2. The van der Waals surface area contributed by atoms with Gasteiger partial charge in [0.1, 0.15) is 11.8 Å². The lowest BCUT2D eigenvalue weighted by molar-refractivity contribution is -0.136. The van der Waals surface area contributed by atoms with Gasteiger partial charge in [-0.05, 0) is 42.2 Å². The molecule has 33 heavy (non-hydrogen) atoms. The summed E-state index contributed by atoms with van der Waals surface area (Å²) in [5.74, 6) is 3.13. The van der Waals surface area contributed by atoms with Crippen molar-refractivity contribution in [2.75, 3.05) is 30.9 Å². The first kappa shape index (κ1) is 25.7. The minimum atomic E-state index is -0.639. The Hall–Kier alpha value is -1.87. The van der Waals surface area contributed by atoms with E-state index in [9.17, 15) is 14.4 Å². The molecule has 1 aliphatic heterocycles. The van der Waals surface area contributed by atoms with E-state index < -0.39 is 11.4 Å². The molecule has 1 saturated carbocycles. The maximum atomic E-state index is 13.0. The summed E-state index contributed by atoms with van der Waals surface area (Å²) in [6, 6.07) is 6.89. The number of rotatable bonds is 10. The third-order valence-corrected chi connectivity index (χ3v) is 8.62. The van der Waals surface area contributed by atoms with Gasteiger partial charge < -0.3 is 20.3 Å². The minimum Gasteiger partial charge on any atom is -0.497 e. The number of carbonyl (C=O) groups excluding carboxylic acids is 3. The van der Waals surface area contributed by atoms with Gasteiger partial charge in [-0.15, -0.1) is 11.8 Å². The van der Waals surface area contributed by atoms with Crippen LogP contribution >= 0.6 is 23.5 Å². The van der Waals surface area contributed by atoms with E-state index in [0.29, 0.717) is 24.8 Å². The number of nitrogens with zero attached hydrogens (tertiary/aromatic N) is 1. The standard InChI is InChI=1S/C24H35N3O4S2/c1-17(28)27-12-13-33-24(27)23(30)26-21(16-32-15-19-6-4-3-5-7-19)22(29)25-14-18-8-10-20(31-2)11-9-18/h8-11,19,21,24H,3-7,12-16H2,1-2H3,(H,25,29)(H,26,30). The molecule has 2 aliphatic rings. The van der Waals surface area contributed by atoms with E-state index >= 15 is 0 Å². The lowest BCUT2D eigenvalue weighted by Gasteiger charge is -2.25. The van der Waals surface area contributed by atoms with E-state index in [-0.39, 0.29) is 17.7 Å². The van der Waals surface area contributed by atoms with Gasteiger partial charge in [-0.3, -0.25) is 14.4 Å². The van der Waals surface area contributed by atoms with Crippen LogP contribution in [-0.2, 0) is 20.9 Å². The summed E-state index contributed by atoms with van der Waals surface area (Å²) >= 11 is 3.18. The molecule has 0 radical (unpaired) electrons. The minimum absolute atomic E-state index is 0.118. The summed E-state index contributed by atoms with van der Waals surface area (Å²) in [5, 5.41) is 5.32. The Bertz CT molecular complexity index is 799. The van der Waals surface area contributed by atoms with Gasteiger partial charge >= 0.3 is 0 Å². The van der Waals surface area contributed by atoms with Crippen LogP contribution in [0.2, 0.25) is 0 Å². The van der Waals surface area contributed by atoms with Crippen LogP contribution in [0.15, 0.2) is 24.3 Å². The molecule has 1 aromatic rings. The molecular weight excluding hydrogens is 458 g/mol. The predicted molar refractivity (Wildman–Crippen MR) is 134 cm³/mol. The molecule has 2 fully saturated rings. The first-order valence-corrected chi connectivity index (χ1v) is 13.9. The maximum absolute atomic E-state index is 13.0. The number of amides is 3. The van der Waals surface area contributed by atoms with Crippen molar-refractivity contribution in [3.8, 4) is 5.75 Å². The quantitative estimate of drug-likeness (QED) is 0.521. The van der Waals surface area contributed by atoms with Crippen LogP contribution in [0.1, 0.15) is 44.6 Å². The number of methoxy groups -OCH3 is 1. The highest BCUT2D eigenvalue weighted by Gasteiger charge is 2.35. The molecule has 3 amide bonds. The van der Waals surface area contributed by atoms with E-state index in [1.165, 1.54) is 50.8 Å². The fraction of sp³-hybridized carbons (Fsp3) is 0.625. The lowest BCUT2D eigenvalue weighted by Crippen LogP contribution is -2.53. The molecule has 2 N–H and O–H groups in total. The number of carbonyl (C=O) groups is 3. The van der Waals surface area contributed by atoms with Crippen LogP contribution in [0.3, 0.4) is 0 Å².